The van der Waals surface area contributed by atoms with Gasteiger partial charge in [0.15, 0.2) is 5.13 Å². The summed E-state index contributed by atoms with van der Waals surface area (Å²) in [4.78, 5) is 6.91. The molecule has 6 heteroatoms. The minimum Gasteiger partial charge on any atom is -0.377 e. The minimum absolute atomic E-state index is 0.129. The normalized spacial score (nSPS) is 25.7. The molecule has 1 aliphatic heterocycles. The fourth-order valence-electron chi connectivity index (χ4n) is 2.12. The molecule has 1 saturated heterocycles. The van der Waals surface area contributed by atoms with E-state index in [0.29, 0.717) is 0 Å². The lowest BCUT2D eigenvalue weighted by molar-refractivity contribution is -0.00461. The van der Waals surface area contributed by atoms with Gasteiger partial charge in [0.25, 0.3) is 0 Å². The molecule has 1 N–H and O–H groups in total. The zero-order valence-electron chi connectivity index (χ0n) is 11.3. The topological polar surface area (TPSA) is 46.6 Å². The molecule has 102 valence electrons. The lowest BCUT2D eigenvalue weighted by Crippen LogP contribution is -2.27. The van der Waals surface area contributed by atoms with Crippen molar-refractivity contribution in [1.82, 2.24) is 10.3 Å². The van der Waals surface area contributed by atoms with Crippen LogP contribution in [0.25, 0.3) is 0 Å². The number of nitrogens with one attached hydrogen (secondary N) is 1. The Hall–Kier alpha value is -0.690. The molecule has 1 aromatic heterocycles. The molecule has 1 fully saturated rings. The van der Waals surface area contributed by atoms with Crippen LogP contribution in [0.5, 0.6) is 0 Å². The maximum absolute atomic E-state index is 5.44. The number of anilines is 1. The third-order valence-corrected chi connectivity index (χ3v) is 4.40. The quantitative estimate of drug-likeness (QED) is 0.874. The van der Waals surface area contributed by atoms with Crippen molar-refractivity contribution in [2.75, 3.05) is 39.3 Å². The van der Waals surface area contributed by atoms with Gasteiger partial charge in [-0.25, -0.2) is 4.98 Å². The Morgan fingerprint density at radius 3 is 2.50 bits per heavy atom. The zero-order chi connectivity index (χ0) is 13.1. The van der Waals surface area contributed by atoms with Crippen molar-refractivity contribution in [3.05, 3.63) is 11.1 Å². The predicted molar refractivity (Wildman–Crippen MR) is 73.4 cm³/mol. The van der Waals surface area contributed by atoms with Gasteiger partial charge >= 0.3 is 0 Å². The maximum Gasteiger partial charge on any atom is 0.185 e. The highest BCUT2D eigenvalue weighted by Crippen LogP contribution is 2.28. The Kier molecular flexibility index (Phi) is 4.55. The molecule has 0 amide bonds. The number of rotatable bonds is 5. The van der Waals surface area contributed by atoms with Crippen LogP contribution in [0.15, 0.2) is 5.38 Å². The second-order valence-corrected chi connectivity index (χ2v) is 5.36. The molecule has 0 saturated carbocycles. The molecule has 0 aliphatic carbocycles. The number of ether oxygens (including phenoxy) is 2. The zero-order valence-corrected chi connectivity index (χ0v) is 12.2. The molecule has 3 atom stereocenters. The molecule has 0 aromatic carbocycles. The summed E-state index contributed by atoms with van der Waals surface area (Å²) in [6.07, 6.45) is 0.258. The molecule has 2 rings (SSSR count). The molecule has 0 bridgehead atoms. The minimum atomic E-state index is 0.129. The summed E-state index contributed by atoms with van der Waals surface area (Å²) in [5, 5.41) is 6.36. The van der Waals surface area contributed by atoms with Crippen LogP contribution in [-0.4, -0.2) is 51.5 Å². The predicted octanol–water partition coefficient (Wildman–Crippen LogP) is 1.27. The number of nitrogens with zero attached hydrogens (tertiary/aromatic N) is 2. The van der Waals surface area contributed by atoms with Crippen LogP contribution in [-0.2, 0) is 9.47 Å². The van der Waals surface area contributed by atoms with Crippen LogP contribution in [0.1, 0.15) is 18.7 Å². The SMILES string of the molecule is CNC(C)c1csc(N2CC(OC)C(OC)C2)n1. The highest BCUT2D eigenvalue weighted by Gasteiger charge is 2.34. The number of hydrogen-bond donors (Lipinski definition) is 1. The summed E-state index contributed by atoms with van der Waals surface area (Å²) in [5.74, 6) is 0. The average Bonchev–Trinajstić information content (AvgIpc) is 3.03. The first-order chi connectivity index (χ1) is 8.69. The van der Waals surface area contributed by atoms with E-state index in [2.05, 4.69) is 27.5 Å². The second-order valence-electron chi connectivity index (χ2n) is 4.52. The van der Waals surface area contributed by atoms with Crippen molar-refractivity contribution in [2.45, 2.75) is 25.2 Å². The largest absolute Gasteiger partial charge is 0.377 e. The van der Waals surface area contributed by atoms with E-state index in [1.807, 2.05) is 7.05 Å². The van der Waals surface area contributed by atoms with E-state index in [1.165, 1.54) is 0 Å². The van der Waals surface area contributed by atoms with Gasteiger partial charge in [-0.05, 0) is 14.0 Å². The number of methoxy groups -OCH3 is 2. The van der Waals surface area contributed by atoms with Crippen LogP contribution in [0.2, 0.25) is 0 Å². The fraction of sp³-hybridized carbons (Fsp3) is 0.750. The average molecular weight is 271 g/mol. The van der Waals surface area contributed by atoms with Crippen molar-refractivity contribution in [1.29, 1.82) is 0 Å². The Balaban J connectivity index is 2.06. The van der Waals surface area contributed by atoms with Gasteiger partial charge in [0, 0.05) is 38.7 Å². The Labute approximate surface area is 112 Å². The molecular formula is C12H21N3O2S. The number of hydrogen-bond acceptors (Lipinski definition) is 6. The van der Waals surface area contributed by atoms with Crippen molar-refractivity contribution in [3.63, 3.8) is 0 Å². The summed E-state index contributed by atoms with van der Waals surface area (Å²) >= 11 is 1.68. The maximum atomic E-state index is 5.44. The van der Waals surface area contributed by atoms with Gasteiger partial charge < -0.3 is 19.7 Å². The molecule has 5 nitrogen and oxygen atoms in total. The lowest BCUT2D eigenvalue weighted by Gasteiger charge is -2.13. The van der Waals surface area contributed by atoms with Gasteiger partial charge in [0.2, 0.25) is 0 Å². The van der Waals surface area contributed by atoms with Crippen LogP contribution in [0.4, 0.5) is 5.13 Å². The van der Waals surface area contributed by atoms with Crippen molar-refractivity contribution in [3.8, 4) is 0 Å². The van der Waals surface area contributed by atoms with Gasteiger partial charge in [-0.15, -0.1) is 11.3 Å². The van der Waals surface area contributed by atoms with Gasteiger partial charge in [-0.3, -0.25) is 0 Å². The Morgan fingerprint density at radius 1 is 1.39 bits per heavy atom. The van der Waals surface area contributed by atoms with Gasteiger partial charge in [-0.1, -0.05) is 0 Å². The van der Waals surface area contributed by atoms with E-state index < -0.39 is 0 Å². The molecular weight excluding hydrogens is 250 g/mol. The van der Waals surface area contributed by atoms with Crippen LogP contribution in [0.3, 0.4) is 0 Å². The number of thiazole rings is 1. The highest BCUT2D eigenvalue weighted by molar-refractivity contribution is 7.13. The molecule has 3 unspecified atom stereocenters. The van der Waals surface area contributed by atoms with Crippen LogP contribution in [0, 0.1) is 0 Å². The second kappa shape index (κ2) is 5.97. The van der Waals surface area contributed by atoms with Crippen LogP contribution >= 0.6 is 11.3 Å². The van der Waals surface area contributed by atoms with Crippen molar-refractivity contribution >= 4 is 16.5 Å². The van der Waals surface area contributed by atoms with Gasteiger partial charge in [0.1, 0.15) is 12.2 Å². The first-order valence-electron chi connectivity index (χ1n) is 6.12. The third kappa shape index (κ3) is 2.66. The van der Waals surface area contributed by atoms with E-state index in [4.69, 9.17) is 9.47 Å². The van der Waals surface area contributed by atoms with E-state index in [1.54, 1.807) is 25.6 Å². The number of aromatic nitrogens is 1. The standard InChI is InChI=1S/C12H21N3O2S/c1-8(13-2)9-7-18-12(14-9)15-5-10(16-3)11(6-15)17-4/h7-8,10-11,13H,5-6H2,1-4H3. The molecule has 2 heterocycles. The Bertz CT molecular complexity index is 373. The third-order valence-electron chi connectivity index (χ3n) is 3.48. The molecule has 1 aromatic rings. The molecule has 0 spiro atoms. The summed E-state index contributed by atoms with van der Waals surface area (Å²) in [6.45, 7) is 3.80. The van der Waals surface area contributed by atoms with E-state index in [-0.39, 0.29) is 18.2 Å². The summed E-state index contributed by atoms with van der Waals surface area (Å²) < 4.78 is 10.9. The van der Waals surface area contributed by atoms with E-state index in [0.717, 1.165) is 23.9 Å². The Morgan fingerprint density at radius 2 is 2.00 bits per heavy atom. The van der Waals surface area contributed by atoms with Gasteiger partial charge in [0.05, 0.1) is 5.69 Å². The highest BCUT2D eigenvalue weighted by atomic mass is 32.1. The monoisotopic (exact) mass is 271 g/mol. The van der Waals surface area contributed by atoms with E-state index >= 15 is 0 Å². The first kappa shape index (κ1) is 13.7. The first-order valence-corrected chi connectivity index (χ1v) is 7.00. The van der Waals surface area contributed by atoms with E-state index in [9.17, 15) is 0 Å². The lowest BCUT2D eigenvalue weighted by atomic mass is 10.3. The molecule has 1 aliphatic rings. The van der Waals surface area contributed by atoms with Gasteiger partial charge in [-0.2, -0.15) is 0 Å². The van der Waals surface area contributed by atoms with Crippen LogP contribution < -0.4 is 10.2 Å². The summed E-state index contributed by atoms with van der Waals surface area (Å²) in [6, 6.07) is 0.286. The fourth-order valence-corrected chi connectivity index (χ4v) is 3.06. The molecule has 0 radical (unpaired) electrons. The molecule has 18 heavy (non-hydrogen) atoms. The van der Waals surface area contributed by atoms with Crippen molar-refractivity contribution < 1.29 is 9.47 Å². The van der Waals surface area contributed by atoms with Crippen molar-refractivity contribution in [2.24, 2.45) is 0 Å². The smallest absolute Gasteiger partial charge is 0.185 e. The summed E-state index contributed by atoms with van der Waals surface area (Å²) in [7, 11) is 5.41. The summed E-state index contributed by atoms with van der Waals surface area (Å²) in [5.41, 5.74) is 1.09.